The standard InChI is InChI=1S/C13H12BrN3O4/c1-2-16(7-12(18)19)13-9-5-8(14)3-4-10(9)15-6-11(13)17(20)21/h3-6H,2,7H2,1H3,(H,18,19). The zero-order valence-corrected chi connectivity index (χ0v) is 12.7. The zero-order valence-electron chi connectivity index (χ0n) is 11.1. The number of aromatic nitrogens is 1. The third-order valence-electron chi connectivity index (χ3n) is 3.00. The highest BCUT2D eigenvalue weighted by Gasteiger charge is 2.24. The number of aliphatic carboxylic acids is 1. The van der Waals surface area contributed by atoms with Crippen molar-refractivity contribution in [1.82, 2.24) is 4.98 Å². The van der Waals surface area contributed by atoms with Crippen LogP contribution in [0.3, 0.4) is 0 Å². The van der Waals surface area contributed by atoms with Crippen molar-refractivity contribution < 1.29 is 14.8 Å². The minimum Gasteiger partial charge on any atom is -0.480 e. The van der Waals surface area contributed by atoms with Crippen LogP contribution in [-0.2, 0) is 4.79 Å². The van der Waals surface area contributed by atoms with Crippen LogP contribution >= 0.6 is 15.9 Å². The van der Waals surface area contributed by atoms with Crippen molar-refractivity contribution in [2.24, 2.45) is 0 Å². The van der Waals surface area contributed by atoms with Crippen molar-refractivity contribution in [2.45, 2.75) is 6.92 Å². The van der Waals surface area contributed by atoms with E-state index in [-0.39, 0.29) is 17.9 Å². The number of nitro groups is 1. The second-order valence-electron chi connectivity index (χ2n) is 4.32. The van der Waals surface area contributed by atoms with Gasteiger partial charge in [-0.05, 0) is 25.1 Å². The van der Waals surface area contributed by atoms with E-state index in [1.54, 1.807) is 25.1 Å². The van der Waals surface area contributed by atoms with E-state index >= 15 is 0 Å². The molecule has 0 saturated heterocycles. The van der Waals surface area contributed by atoms with E-state index in [1.807, 2.05) is 0 Å². The summed E-state index contributed by atoms with van der Waals surface area (Å²) in [6.07, 6.45) is 1.16. The summed E-state index contributed by atoms with van der Waals surface area (Å²) in [4.78, 5) is 27.2. The molecule has 1 aromatic carbocycles. The van der Waals surface area contributed by atoms with Gasteiger partial charge < -0.3 is 10.0 Å². The van der Waals surface area contributed by atoms with E-state index < -0.39 is 10.9 Å². The predicted octanol–water partition coefficient (Wildman–Crippen LogP) is 2.82. The van der Waals surface area contributed by atoms with Crippen molar-refractivity contribution in [3.05, 3.63) is 39.0 Å². The molecular weight excluding hydrogens is 342 g/mol. The molecule has 2 rings (SSSR count). The highest BCUT2D eigenvalue weighted by Crippen LogP contribution is 2.36. The van der Waals surface area contributed by atoms with Crippen molar-refractivity contribution in [3.8, 4) is 0 Å². The molecule has 0 amide bonds. The lowest BCUT2D eigenvalue weighted by molar-refractivity contribution is -0.384. The first-order chi connectivity index (χ1) is 9.93. The van der Waals surface area contributed by atoms with Gasteiger partial charge in [-0.15, -0.1) is 0 Å². The zero-order chi connectivity index (χ0) is 15.6. The molecule has 0 radical (unpaired) electrons. The number of rotatable bonds is 5. The van der Waals surface area contributed by atoms with Gasteiger partial charge in [0.25, 0.3) is 0 Å². The Morgan fingerprint density at radius 2 is 2.24 bits per heavy atom. The Bertz CT molecular complexity index is 720. The number of carbonyl (C=O) groups is 1. The molecule has 1 N–H and O–H groups in total. The maximum Gasteiger partial charge on any atom is 0.323 e. The van der Waals surface area contributed by atoms with E-state index in [4.69, 9.17) is 5.11 Å². The summed E-state index contributed by atoms with van der Waals surface area (Å²) < 4.78 is 0.741. The normalized spacial score (nSPS) is 10.6. The van der Waals surface area contributed by atoms with Crippen molar-refractivity contribution in [1.29, 1.82) is 0 Å². The van der Waals surface area contributed by atoms with Gasteiger partial charge >= 0.3 is 11.7 Å². The molecule has 0 aliphatic carbocycles. The average molecular weight is 354 g/mol. The fourth-order valence-corrected chi connectivity index (χ4v) is 2.48. The average Bonchev–Trinajstić information content (AvgIpc) is 2.43. The number of pyridine rings is 1. The van der Waals surface area contributed by atoms with Crippen LogP contribution in [0.15, 0.2) is 28.9 Å². The molecule has 0 fully saturated rings. The summed E-state index contributed by atoms with van der Waals surface area (Å²) >= 11 is 3.32. The Labute approximate surface area is 128 Å². The maximum atomic E-state index is 11.2. The maximum absolute atomic E-state index is 11.2. The number of carboxylic acid groups (broad SMARTS) is 1. The predicted molar refractivity (Wildman–Crippen MR) is 81.6 cm³/mol. The van der Waals surface area contributed by atoms with Gasteiger partial charge in [0, 0.05) is 16.4 Å². The fourth-order valence-electron chi connectivity index (χ4n) is 2.12. The summed E-state index contributed by atoms with van der Waals surface area (Å²) in [7, 11) is 0. The first-order valence-electron chi connectivity index (χ1n) is 6.13. The molecular formula is C13H12BrN3O4. The van der Waals surface area contributed by atoms with E-state index in [2.05, 4.69) is 20.9 Å². The number of nitrogens with zero attached hydrogens (tertiary/aromatic N) is 3. The second-order valence-corrected chi connectivity index (χ2v) is 5.23. The topological polar surface area (TPSA) is 96.6 Å². The number of hydrogen-bond donors (Lipinski definition) is 1. The quantitative estimate of drug-likeness (QED) is 0.655. The number of benzene rings is 1. The fraction of sp³-hybridized carbons (Fsp3) is 0.231. The number of likely N-dealkylation sites (N-methyl/N-ethyl adjacent to an activating group) is 1. The van der Waals surface area contributed by atoms with Gasteiger partial charge in [0.05, 0.1) is 10.4 Å². The van der Waals surface area contributed by atoms with Crippen molar-refractivity contribution >= 4 is 44.2 Å². The van der Waals surface area contributed by atoms with Gasteiger partial charge in [0.2, 0.25) is 0 Å². The van der Waals surface area contributed by atoms with Crippen LogP contribution in [0.5, 0.6) is 0 Å². The molecule has 0 unspecified atom stereocenters. The number of carboxylic acids is 1. The van der Waals surface area contributed by atoms with E-state index in [9.17, 15) is 14.9 Å². The monoisotopic (exact) mass is 353 g/mol. The van der Waals surface area contributed by atoms with E-state index in [0.717, 1.165) is 10.7 Å². The molecule has 0 atom stereocenters. The largest absolute Gasteiger partial charge is 0.480 e. The summed E-state index contributed by atoms with van der Waals surface area (Å²) in [6, 6.07) is 5.20. The molecule has 0 bridgehead atoms. The summed E-state index contributed by atoms with van der Waals surface area (Å²) in [6.45, 7) is 1.76. The first-order valence-corrected chi connectivity index (χ1v) is 6.92. The minimum atomic E-state index is -1.05. The van der Waals surface area contributed by atoms with Crippen LogP contribution in [0.4, 0.5) is 11.4 Å². The van der Waals surface area contributed by atoms with Gasteiger partial charge in [-0.2, -0.15) is 0 Å². The van der Waals surface area contributed by atoms with Crippen LogP contribution in [0.25, 0.3) is 10.9 Å². The highest BCUT2D eigenvalue weighted by molar-refractivity contribution is 9.10. The Hall–Kier alpha value is -2.22. The molecule has 7 nitrogen and oxygen atoms in total. The van der Waals surface area contributed by atoms with Gasteiger partial charge in [-0.3, -0.25) is 14.9 Å². The Morgan fingerprint density at radius 1 is 1.52 bits per heavy atom. The highest BCUT2D eigenvalue weighted by atomic mass is 79.9. The van der Waals surface area contributed by atoms with Gasteiger partial charge in [0.15, 0.2) is 0 Å². The third kappa shape index (κ3) is 3.10. The van der Waals surface area contributed by atoms with Crippen LogP contribution in [0, 0.1) is 10.1 Å². The van der Waals surface area contributed by atoms with Gasteiger partial charge in [0.1, 0.15) is 18.4 Å². The van der Waals surface area contributed by atoms with Crippen molar-refractivity contribution in [3.63, 3.8) is 0 Å². The van der Waals surface area contributed by atoms with Gasteiger partial charge in [-0.1, -0.05) is 15.9 Å². The molecule has 1 aromatic heterocycles. The number of fused-ring (bicyclic) bond motifs is 1. The molecule has 0 spiro atoms. The summed E-state index contributed by atoms with van der Waals surface area (Å²) in [5.74, 6) is -1.05. The minimum absolute atomic E-state index is 0.205. The lowest BCUT2D eigenvalue weighted by Gasteiger charge is -2.22. The summed E-state index contributed by atoms with van der Waals surface area (Å²) in [5.41, 5.74) is 0.641. The van der Waals surface area contributed by atoms with Crippen LogP contribution in [-0.4, -0.2) is 34.1 Å². The molecule has 1 heterocycles. The molecule has 0 saturated carbocycles. The Morgan fingerprint density at radius 3 is 2.81 bits per heavy atom. The number of halogens is 1. The Kier molecular flexibility index (Phi) is 4.37. The van der Waals surface area contributed by atoms with Crippen molar-refractivity contribution in [2.75, 3.05) is 18.0 Å². The molecule has 0 aliphatic heterocycles. The molecule has 110 valence electrons. The van der Waals surface area contributed by atoms with Crippen LogP contribution < -0.4 is 4.90 Å². The lowest BCUT2D eigenvalue weighted by Crippen LogP contribution is -2.30. The molecule has 21 heavy (non-hydrogen) atoms. The number of hydrogen-bond acceptors (Lipinski definition) is 5. The van der Waals surface area contributed by atoms with Crippen LogP contribution in [0.1, 0.15) is 6.92 Å². The molecule has 8 heteroatoms. The molecule has 2 aromatic rings. The lowest BCUT2D eigenvalue weighted by atomic mass is 10.1. The van der Waals surface area contributed by atoms with E-state index in [1.165, 1.54) is 4.90 Å². The second kappa shape index (κ2) is 6.04. The Balaban J connectivity index is 2.76. The molecule has 0 aliphatic rings. The van der Waals surface area contributed by atoms with Crippen LogP contribution in [0.2, 0.25) is 0 Å². The van der Waals surface area contributed by atoms with E-state index in [0.29, 0.717) is 17.4 Å². The number of anilines is 1. The SMILES string of the molecule is CCN(CC(=O)O)c1c([N+](=O)[O-])cnc2ccc(Br)cc12. The summed E-state index contributed by atoms with van der Waals surface area (Å²) in [5, 5.41) is 20.8. The first kappa shape index (κ1) is 15.2. The van der Waals surface area contributed by atoms with Gasteiger partial charge in [-0.25, -0.2) is 4.98 Å². The smallest absolute Gasteiger partial charge is 0.323 e. The third-order valence-corrected chi connectivity index (χ3v) is 3.50.